The summed E-state index contributed by atoms with van der Waals surface area (Å²) in [6.45, 7) is 0. The fourth-order valence-corrected chi connectivity index (χ4v) is 1.90. The Bertz CT molecular complexity index is 174. The lowest BCUT2D eigenvalue weighted by atomic mass is 10.1. The Kier molecular flexibility index (Phi) is 9.75. The third kappa shape index (κ3) is 13.5. The molecule has 0 aromatic carbocycles. The smallest absolute Gasteiger partial charge is 0.481 e. The largest absolute Gasteiger partial charge is 0.505 e. The fraction of sp³-hybridized carbons (Fsp3) is 0.900. The topological polar surface area (TPSA) is 74.6 Å². The van der Waals surface area contributed by atoms with Gasteiger partial charge in [-0.3, -0.25) is 4.79 Å². The Morgan fingerprint density at radius 1 is 0.933 bits per heavy atom. The predicted octanol–water partition coefficient (Wildman–Crippen LogP) is 2.93. The van der Waals surface area contributed by atoms with Crippen molar-refractivity contribution in [2.24, 2.45) is 0 Å². The minimum atomic E-state index is -1.95. The molecule has 5 heteroatoms. The summed E-state index contributed by atoms with van der Waals surface area (Å²) in [7, 11) is -1.95. The summed E-state index contributed by atoms with van der Waals surface area (Å²) in [4.78, 5) is 18.7. The average Bonchev–Trinajstić information content (AvgIpc) is 2.14. The molecule has 0 rings (SSSR count). The lowest BCUT2D eigenvalue weighted by molar-refractivity contribution is -0.137. The molecule has 0 heterocycles. The zero-order chi connectivity index (χ0) is 11.5. The van der Waals surface area contributed by atoms with Crippen molar-refractivity contribution in [3.63, 3.8) is 0 Å². The zero-order valence-electron chi connectivity index (χ0n) is 9.02. The molecular formula is C10H20O4P+. The van der Waals surface area contributed by atoms with E-state index in [1.54, 1.807) is 0 Å². The van der Waals surface area contributed by atoms with Crippen molar-refractivity contribution < 1.29 is 19.4 Å². The summed E-state index contributed by atoms with van der Waals surface area (Å²) in [5.74, 6) is -0.721. The van der Waals surface area contributed by atoms with E-state index in [1.165, 1.54) is 0 Å². The number of carboxylic acids is 1. The Morgan fingerprint density at radius 3 is 1.87 bits per heavy atom. The second kappa shape index (κ2) is 10.1. The summed E-state index contributed by atoms with van der Waals surface area (Å²) in [6.07, 6.45) is 7.48. The second-order valence-electron chi connectivity index (χ2n) is 3.69. The Balaban J connectivity index is 2.99. The van der Waals surface area contributed by atoms with Gasteiger partial charge in [0.25, 0.3) is 0 Å². The Morgan fingerprint density at radius 2 is 1.40 bits per heavy atom. The van der Waals surface area contributed by atoms with Crippen LogP contribution in [0.25, 0.3) is 0 Å². The zero-order valence-corrected chi connectivity index (χ0v) is 9.92. The molecule has 1 atom stereocenters. The van der Waals surface area contributed by atoms with Crippen molar-refractivity contribution in [3.05, 3.63) is 0 Å². The van der Waals surface area contributed by atoms with Crippen LogP contribution in [0, 0.1) is 0 Å². The van der Waals surface area contributed by atoms with Crippen molar-refractivity contribution in [1.82, 2.24) is 0 Å². The molecule has 0 radical (unpaired) electrons. The van der Waals surface area contributed by atoms with Crippen LogP contribution in [0.15, 0.2) is 0 Å². The third-order valence-electron chi connectivity index (χ3n) is 2.24. The molecule has 0 saturated heterocycles. The molecule has 0 aliphatic carbocycles. The molecule has 0 aromatic heterocycles. The SMILES string of the molecule is O=C(O)CCCCCCCCC[P+](=O)O. The first-order valence-electron chi connectivity index (χ1n) is 5.48. The number of carbonyl (C=O) groups is 1. The first-order valence-corrected chi connectivity index (χ1v) is 6.88. The highest BCUT2D eigenvalue weighted by Gasteiger charge is 2.07. The summed E-state index contributed by atoms with van der Waals surface area (Å²) < 4.78 is 10.3. The average molecular weight is 235 g/mol. The Hall–Kier alpha value is -0.470. The van der Waals surface area contributed by atoms with Crippen LogP contribution in [0.4, 0.5) is 0 Å². The van der Waals surface area contributed by atoms with Gasteiger partial charge < -0.3 is 5.11 Å². The van der Waals surface area contributed by atoms with Crippen molar-refractivity contribution in [2.75, 3.05) is 6.16 Å². The minimum absolute atomic E-state index is 0.269. The summed E-state index contributed by atoms with van der Waals surface area (Å²) in [6, 6.07) is 0. The first kappa shape index (κ1) is 14.5. The van der Waals surface area contributed by atoms with Gasteiger partial charge in [-0.1, -0.05) is 25.7 Å². The van der Waals surface area contributed by atoms with Crippen molar-refractivity contribution >= 4 is 14.0 Å². The molecule has 0 amide bonds. The molecule has 2 N–H and O–H groups in total. The summed E-state index contributed by atoms with van der Waals surface area (Å²) in [5, 5.41) is 8.39. The second-order valence-corrected chi connectivity index (χ2v) is 4.85. The van der Waals surface area contributed by atoms with E-state index in [1.807, 2.05) is 0 Å². The van der Waals surface area contributed by atoms with Gasteiger partial charge >= 0.3 is 14.0 Å². The summed E-state index contributed by atoms with van der Waals surface area (Å²) in [5.41, 5.74) is 0. The van der Waals surface area contributed by atoms with Crippen LogP contribution in [-0.4, -0.2) is 22.1 Å². The first-order chi connectivity index (χ1) is 7.13. The van der Waals surface area contributed by atoms with Crippen LogP contribution >= 0.6 is 8.03 Å². The lowest BCUT2D eigenvalue weighted by Crippen LogP contribution is -1.93. The van der Waals surface area contributed by atoms with Crippen LogP contribution < -0.4 is 0 Å². The van der Waals surface area contributed by atoms with E-state index in [0.717, 1.165) is 44.9 Å². The van der Waals surface area contributed by atoms with E-state index in [0.29, 0.717) is 6.16 Å². The molecule has 0 spiro atoms. The minimum Gasteiger partial charge on any atom is -0.481 e. The van der Waals surface area contributed by atoms with Crippen molar-refractivity contribution in [1.29, 1.82) is 0 Å². The Labute approximate surface area is 91.6 Å². The monoisotopic (exact) mass is 235 g/mol. The van der Waals surface area contributed by atoms with E-state index >= 15 is 0 Å². The molecule has 15 heavy (non-hydrogen) atoms. The molecule has 0 saturated carbocycles. The van der Waals surface area contributed by atoms with Gasteiger partial charge in [0.05, 0.1) is 0 Å². The number of hydrogen-bond donors (Lipinski definition) is 2. The van der Waals surface area contributed by atoms with Crippen LogP contribution in [0.1, 0.15) is 51.4 Å². The molecular weight excluding hydrogens is 215 g/mol. The van der Waals surface area contributed by atoms with Gasteiger partial charge in [-0.15, -0.1) is 0 Å². The normalized spacial score (nSPS) is 11.4. The third-order valence-corrected chi connectivity index (χ3v) is 2.94. The molecule has 0 aliphatic rings. The fourth-order valence-electron chi connectivity index (χ4n) is 1.41. The van der Waals surface area contributed by atoms with E-state index in [-0.39, 0.29) is 6.42 Å². The molecule has 4 nitrogen and oxygen atoms in total. The van der Waals surface area contributed by atoms with E-state index in [9.17, 15) is 9.36 Å². The number of carboxylic acid groups (broad SMARTS) is 1. The maximum absolute atomic E-state index is 10.3. The molecule has 0 bridgehead atoms. The maximum Gasteiger partial charge on any atom is 0.505 e. The molecule has 88 valence electrons. The van der Waals surface area contributed by atoms with Crippen LogP contribution in [0.2, 0.25) is 0 Å². The number of hydrogen-bond acceptors (Lipinski definition) is 2. The van der Waals surface area contributed by atoms with Gasteiger partial charge in [0, 0.05) is 6.42 Å². The van der Waals surface area contributed by atoms with Crippen molar-refractivity contribution in [3.8, 4) is 0 Å². The standard InChI is InChI=1S/C10H19O4P/c11-10(12)8-6-4-2-1-3-5-7-9-15(13)14/h1-9H2,(H-,11,12,13,14)/p+1. The van der Waals surface area contributed by atoms with Gasteiger partial charge in [0.1, 0.15) is 0 Å². The lowest BCUT2D eigenvalue weighted by Gasteiger charge is -1.98. The molecule has 0 aromatic rings. The van der Waals surface area contributed by atoms with E-state index < -0.39 is 14.0 Å². The molecule has 0 fully saturated rings. The predicted molar refractivity (Wildman–Crippen MR) is 59.3 cm³/mol. The van der Waals surface area contributed by atoms with Crippen molar-refractivity contribution in [2.45, 2.75) is 51.4 Å². The van der Waals surface area contributed by atoms with Gasteiger partial charge in [-0.05, 0) is 23.8 Å². The van der Waals surface area contributed by atoms with Crippen LogP contribution in [0.3, 0.4) is 0 Å². The van der Waals surface area contributed by atoms with E-state index in [4.69, 9.17) is 10.00 Å². The van der Waals surface area contributed by atoms with E-state index in [2.05, 4.69) is 0 Å². The number of rotatable bonds is 10. The highest BCUT2D eigenvalue weighted by molar-refractivity contribution is 7.37. The highest BCUT2D eigenvalue weighted by atomic mass is 31.1. The van der Waals surface area contributed by atoms with Gasteiger partial charge in [-0.2, -0.15) is 4.89 Å². The van der Waals surface area contributed by atoms with Gasteiger partial charge in [0.2, 0.25) is 0 Å². The molecule has 1 unspecified atom stereocenters. The highest BCUT2D eigenvalue weighted by Crippen LogP contribution is 2.16. The number of unbranched alkanes of at least 4 members (excludes halogenated alkanes) is 6. The van der Waals surface area contributed by atoms with Gasteiger partial charge in [0.15, 0.2) is 6.16 Å². The molecule has 0 aliphatic heterocycles. The summed E-state index contributed by atoms with van der Waals surface area (Å²) >= 11 is 0. The van der Waals surface area contributed by atoms with Gasteiger partial charge in [-0.25, -0.2) is 0 Å². The maximum atomic E-state index is 10.3. The van der Waals surface area contributed by atoms with Crippen LogP contribution in [0.5, 0.6) is 0 Å². The number of aliphatic carboxylic acids is 1. The quantitative estimate of drug-likeness (QED) is 0.451. The van der Waals surface area contributed by atoms with Crippen LogP contribution in [-0.2, 0) is 9.36 Å².